The van der Waals surface area contributed by atoms with Crippen LogP contribution < -0.4 is 15.8 Å². The van der Waals surface area contributed by atoms with E-state index in [9.17, 15) is 13.6 Å². The molecule has 0 aromatic carbocycles. The second kappa shape index (κ2) is 9.41. The second-order valence-corrected chi connectivity index (χ2v) is 7.92. The number of urea groups is 1. The highest BCUT2D eigenvalue weighted by molar-refractivity contribution is 6.00. The molecule has 0 saturated carbocycles. The molecule has 1 saturated heterocycles. The molecule has 0 aliphatic carbocycles. The third-order valence-electron chi connectivity index (χ3n) is 5.65. The van der Waals surface area contributed by atoms with Gasteiger partial charge in [-0.2, -0.15) is 5.10 Å². The molecule has 2 aromatic rings. The van der Waals surface area contributed by atoms with Crippen LogP contribution in [0.25, 0.3) is 5.70 Å². The smallest absolute Gasteiger partial charge is 0.341 e. The first-order valence-electron chi connectivity index (χ1n) is 10.5. The number of halogens is 2. The number of hydrogen-bond donors (Lipinski definition) is 3. The topological polar surface area (TPSA) is 133 Å². The van der Waals surface area contributed by atoms with E-state index in [2.05, 4.69) is 20.4 Å². The Bertz CT molecular complexity index is 1180. The summed E-state index contributed by atoms with van der Waals surface area (Å²) in [6.45, 7) is 2.12. The minimum Gasteiger partial charge on any atom is -0.483 e. The van der Waals surface area contributed by atoms with Crippen molar-refractivity contribution < 1.29 is 18.3 Å². The van der Waals surface area contributed by atoms with Gasteiger partial charge in [-0.1, -0.05) is 0 Å². The van der Waals surface area contributed by atoms with Crippen LogP contribution >= 0.6 is 0 Å². The molecule has 12 heteroatoms. The van der Waals surface area contributed by atoms with Crippen LogP contribution in [0.3, 0.4) is 0 Å². The van der Waals surface area contributed by atoms with Gasteiger partial charge in [0, 0.05) is 37.5 Å². The van der Waals surface area contributed by atoms with Crippen molar-refractivity contribution in [2.75, 3.05) is 20.1 Å². The van der Waals surface area contributed by atoms with Gasteiger partial charge in [-0.05, 0) is 18.6 Å². The highest BCUT2D eigenvalue weighted by atomic mass is 19.1. The standard InChI is InChI=1S/C22H24F2N8O2/c1-12(21(25)26)20(27-2)17-6-19(16(24)9-29-17)34-15-10-31(11-15)22(33)32-18(3-4-30-32)13-5-14(23)8-28-7-13/h4-9,15,18,27H,3,10-11H2,1-2H3,(H3,25,26)/b20-12-/t18-/m0/s1. The van der Waals surface area contributed by atoms with Crippen LogP contribution in [0.15, 0.2) is 41.4 Å². The van der Waals surface area contributed by atoms with E-state index in [0.29, 0.717) is 28.9 Å². The fraction of sp³-hybridized carbons (Fsp3) is 0.318. The normalized spacial score (nSPS) is 18.4. The summed E-state index contributed by atoms with van der Waals surface area (Å²) in [5.74, 6) is -1.29. The van der Waals surface area contributed by atoms with Crippen LogP contribution in [0, 0.1) is 17.0 Å². The minimum absolute atomic E-state index is 0.0193. The molecule has 4 rings (SSSR count). The Morgan fingerprint density at radius 3 is 2.71 bits per heavy atom. The summed E-state index contributed by atoms with van der Waals surface area (Å²) < 4.78 is 33.7. The fourth-order valence-electron chi connectivity index (χ4n) is 3.77. The molecule has 2 amide bonds. The number of nitrogens with two attached hydrogens (primary N) is 1. The lowest BCUT2D eigenvalue weighted by atomic mass is 10.1. The number of nitrogens with zero attached hydrogens (tertiary/aromatic N) is 5. The van der Waals surface area contributed by atoms with Gasteiger partial charge in [0.25, 0.3) is 0 Å². The van der Waals surface area contributed by atoms with Gasteiger partial charge in [-0.3, -0.25) is 15.4 Å². The van der Waals surface area contributed by atoms with E-state index >= 15 is 0 Å². The Morgan fingerprint density at radius 1 is 1.26 bits per heavy atom. The predicted molar refractivity (Wildman–Crippen MR) is 121 cm³/mol. The summed E-state index contributed by atoms with van der Waals surface area (Å²) in [5.41, 5.74) is 7.42. The Labute approximate surface area is 194 Å². The molecule has 1 atom stereocenters. The van der Waals surface area contributed by atoms with E-state index in [1.54, 1.807) is 20.2 Å². The zero-order valence-electron chi connectivity index (χ0n) is 18.6. The van der Waals surface area contributed by atoms with Gasteiger partial charge < -0.3 is 20.7 Å². The number of amidine groups is 1. The zero-order chi connectivity index (χ0) is 24.4. The first kappa shape index (κ1) is 23.1. The zero-order valence-corrected chi connectivity index (χ0v) is 18.6. The maximum absolute atomic E-state index is 14.4. The van der Waals surface area contributed by atoms with E-state index in [1.807, 2.05) is 0 Å². The van der Waals surface area contributed by atoms with E-state index in [0.717, 1.165) is 12.4 Å². The summed E-state index contributed by atoms with van der Waals surface area (Å²) in [5, 5.41) is 16.0. The molecule has 0 bridgehead atoms. The average molecular weight is 470 g/mol. The molecular weight excluding hydrogens is 446 g/mol. The third-order valence-corrected chi connectivity index (χ3v) is 5.65. The summed E-state index contributed by atoms with van der Waals surface area (Å²) in [6.07, 6.45) is 5.28. The van der Waals surface area contributed by atoms with E-state index < -0.39 is 23.8 Å². The number of aromatic nitrogens is 2. The van der Waals surface area contributed by atoms with Crippen molar-refractivity contribution in [1.82, 2.24) is 25.2 Å². The lowest BCUT2D eigenvalue weighted by Gasteiger charge is -2.41. The number of pyridine rings is 2. The van der Waals surface area contributed by atoms with Crippen molar-refractivity contribution >= 4 is 23.8 Å². The van der Waals surface area contributed by atoms with E-state index in [4.69, 9.17) is 15.9 Å². The van der Waals surface area contributed by atoms with Crippen molar-refractivity contribution in [1.29, 1.82) is 5.41 Å². The molecule has 10 nitrogen and oxygen atoms in total. The highest BCUT2D eigenvalue weighted by Crippen LogP contribution is 2.31. The maximum Gasteiger partial charge on any atom is 0.341 e. The maximum atomic E-state index is 14.4. The summed E-state index contributed by atoms with van der Waals surface area (Å²) >= 11 is 0. The number of nitrogens with one attached hydrogen (secondary N) is 2. The molecule has 0 radical (unpaired) electrons. The number of hydrogen-bond acceptors (Lipinski definition) is 7. The van der Waals surface area contributed by atoms with Crippen LogP contribution in [0.1, 0.15) is 30.6 Å². The summed E-state index contributed by atoms with van der Waals surface area (Å²) in [6, 6.07) is 1.97. The van der Waals surface area contributed by atoms with Gasteiger partial charge in [0.05, 0.1) is 42.9 Å². The Morgan fingerprint density at radius 2 is 2.03 bits per heavy atom. The van der Waals surface area contributed by atoms with Crippen LogP contribution in [-0.2, 0) is 0 Å². The lowest BCUT2D eigenvalue weighted by molar-refractivity contribution is 0.0256. The largest absolute Gasteiger partial charge is 0.483 e. The van der Waals surface area contributed by atoms with Crippen LogP contribution in [0.4, 0.5) is 13.6 Å². The van der Waals surface area contributed by atoms with Crippen molar-refractivity contribution in [3.05, 3.63) is 59.2 Å². The molecule has 2 aliphatic rings. The number of rotatable bonds is 6. The van der Waals surface area contributed by atoms with Crippen LogP contribution in [0.2, 0.25) is 0 Å². The molecule has 2 aliphatic heterocycles. The molecule has 1 fully saturated rings. The molecule has 4 N–H and O–H groups in total. The van der Waals surface area contributed by atoms with Gasteiger partial charge >= 0.3 is 6.03 Å². The van der Waals surface area contributed by atoms with Gasteiger partial charge in [0.1, 0.15) is 17.8 Å². The van der Waals surface area contributed by atoms with E-state index in [1.165, 1.54) is 28.2 Å². The Kier molecular flexibility index (Phi) is 6.39. The molecule has 2 aromatic heterocycles. The van der Waals surface area contributed by atoms with Crippen LogP contribution in [-0.4, -0.2) is 64.2 Å². The summed E-state index contributed by atoms with van der Waals surface area (Å²) in [7, 11) is 1.65. The SMILES string of the molecule is CN/C(=C(/C)C(=N)N)c1cc(OC2CN(C(=O)N3N=CC[C@H]3c3cncc(F)c3)C2)c(F)cn1. The fourth-order valence-corrected chi connectivity index (χ4v) is 3.77. The highest BCUT2D eigenvalue weighted by Gasteiger charge is 2.39. The minimum atomic E-state index is -0.646. The van der Waals surface area contributed by atoms with Crippen LogP contribution in [0.5, 0.6) is 5.75 Å². The van der Waals surface area contributed by atoms with Gasteiger partial charge in [-0.15, -0.1) is 0 Å². The molecule has 178 valence electrons. The van der Waals surface area contributed by atoms with Gasteiger partial charge in [0.2, 0.25) is 0 Å². The first-order valence-corrected chi connectivity index (χ1v) is 10.5. The summed E-state index contributed by atoms with van der Waals surface area (Å²) in [4.78, 5) is 22.3. The number of carbonyl (C=O) groups excluding carboxylic acids is 1. The number of likely N-dealkylation sites (tertiary alicyclic amines) is 1. The number of amides is 2. The quantitative estimate of drug-likeness (QED) is 0.438. The third kappa shape index (κ3) is 4.51. The number of carbonyl (C=O) groups is 1. The number of ether oxygens (including phenoxy) is 1. The second-order valence-electron chi connectivity index (χ2n) is 7.92. The monoisotopic (exact) mass is 470 g/mol. The first-order chi connectivity index (χ1) is 16.3. The Balaban J connectivity index is 1.41. The van der Waals surface area contributed by atoms with Gasteiger partial charge in [0.15, 0.2) is 11.6 Å². The van der Waals surface area contributed by atoms with Crippen molar-refractivity contribution in [3.8, 4) is 5.75 Å². The number of hydrazone groups is 1. The van der Waals surface area contributed by atoms with Gasteiger partial charge in [-0.25, -0.2) is 18.6 Å². The van der Waals surface area contributed by atoms with Crippen molar-refractivity contribution in [2.45, 2.75) is 25.5 Å². The molecule has 4 heterocycles. The molecule has 34 heavy (non-hydrogen) atoms. The van der Waals surface area contributed by atoms with E-state index in [-0.39, 0.29) is 30.7 Å². The van der Waals surface area contributed by atoms with Crippen molar-refractivity contribution in [2.24, 2.45) is 10.8 Å². The molecule has 0 unspecified atom stereocenters. The molecular formula is C22H24F2N8O2. The molecule has 0 spiro atoms. The Hall–Kier alpha value is -4.09. The average Bonchev–Trinajstić information content (AvgIpc) is 3.27. The predicted octanol–water partition coefficient (Wildman–Crippen LogP) is 2.26. The lowest BCUT2D eigenvalue weighted by Crippen LogP contribution is -2.58. The van der Waals surface area contributed by atoms with Crippen molar-refractivity contribution in [3.63, 3.8) is 0 Å².